The fourth-order valence-corrected chi connectivity index (χ4v) is 0.960. The van der Waals surface area contributed by atoms with Crippen molar-refractivity contribution >= 4 is 0 Å². The molecule has 0 aliphatic heterocycles. The SMILES string of the molecule is Cc1cnc(-n2cnc(C)n2)cn1. The zero-order valence-electron chi connectivity index (χ0n) is 7.47. The fraction of sp³-hybridized carbons (Fsp3) is 0.250. The van der Waals surface area contributed by atoms with Crippen molar-refractivity contribution in [2.45, 2.75) is 13.8 Å². The molecule has 0 saturated heterocycles. The molecule has 0 saturated carbocycles. The molecule has 0 bridgehead atoms. The minimum Gasteiger partial charge on any atom is -0.256 e. The van der Waals surface area contributed by atoms with E-state index in [1.807, 2.05) is 13.8 Å². The lowest BCUT2D eigenvalue weighted by Gasteiger charge is -1.97. The highest BCUT2D eigenvalue weighted by Crippen LogP contribution is 1.99. The third-order valence-corrected chi connectivity index (χ3v) is 1.61. The molecule has 0 radical (unpaired) electrons. The highest BCUT2D eigenvalue weighted by molar-refractivity contribution is 5.15. The normalized spacial score (nSPS) is 10.3. The minimum atomic E-state index is 0.686. The molecule has 0 amide bonds. The predicted molar refractivity (Wildman–Crippen MR) is 46.4 cm³/mol. The molecule has 13 heavy (non-hydrogen) atoms. The zero-order valence-corrected chi connectivity index (χ0v) is 7.47. The second kappa shape index (κ2) is 2.93. The molecule has 0 N–H and O–H groups in total. The Morgan fingerprint density at radius 3 is 2.46 bits per heavy atom. The number of aryl methyl sites for hydroxylation is 2. The molecule has 0 unspecified atom stereocenters. The first-order chi connectivity index (χ1) is 6.25. The summed E-state index contributed by atoms with van der Waals surface area (Å²) in [6.07, 6.45) is 4.99. The molecular weight excluding hydrogens is 166 g/mol. The number of rotatable bonds is 1. The average Bonchev–Trinajstić information content (AvgIpc) is 2.53. The zero-order chi connectivity index (χ0) is 9.26. The lowest BCUT2D eigenvalue weighted by molar-refractivity contribution is 0.820. The first-order valence-electron chi connectivity index (χ1n) is 3.93. The minimum absolute atomic E-state index is 0.686. The first kappa shape index (κ1) is 7.85. The predicted octanol–water partition coefficient (Wildman–Crippen LogP) is 0.674. The second-order valence-electron chi connectivity index (χ2n) is 2.75. The van der Waals surface area contributed by atoms with Crippen LogP contribution in [-0.4, -0.2) is 24.7 Å². The molecule has 0 atom stereocenters. The third-order valence-electron chi connectivity index (χ3n) is 1.61. The van der Waals surface area contributed by atoms with Crippen molar-refractivity contribution in [3.63, 3.8) is 0 Å². The summed E-state index contributed by atoms with van der Waals surface area (Å²) in [5, 5.41) is 4.11. The Balaban J connectivity index is 2.41. The van der Waals surface area contributed by atoms with E-state index in [0.717, 1.165) is 11.5 Å². The molecule has 5 heteroatoms. The quantitative estimate of drug-likeness (QED) is 0.639. The van der Waals surface area contributed by atoms with Crippen LogP contribution in [0.5, 0.6) is 0 Å². The molecule has 0 spiro atoms. The van der Waals surface area contributed by atoms with Gasteiger partial charge in [0, 0.05) is 0 Å². The van der Waals surface area contributed by atoms with Crippen LogP contribution in [0.1, 0.15) is 11.5 Å². The van der Waals surface area contributed by atoms with Crippen molar-refractivity contribution in [2.75, 3.05) is 0 Å². The van der Waals surface area contributed by atoms with Gasteiger partial charge >= 0.3 is 0 Å². The maximum Gasteiger partial charge on any atom is 0.173 e. The van der Waals surface area contributed by atoms with Crippen LogP contribution in [0.3, 0.4) is 0 Å². The van der Waals surface area contributed by atoms with Gasteiger partial charge in [-0.05, 0) is 13.8 Å². The Kier molecular flexibility index (Phi) is 1.77. The van der Waals surface area contributed by atoms with E-state index in [1.54, 1.807) is 23.4 Å². The van der Waals surface area contributed by atoms with Crippen LogP contribution in [0.15, 0.2) is 18.7 Å². The summed E-state index contributed by atoms with van der Waals surface area (Å²) in [5.74, 6) is 1.41. The number of hydrogen-bond donors (Lipinski definition) is 0. The molecule has 2 aromatic rings. The fourth-order valence-electron chi connectivity index (χ4n) is 0.960. The van der Waals surface area contributed by atoms with Gasteiger partial charge in [0.1, 0.15) is 12.2 Å². The highest BCUT2D eigenvalue weighted by Gasteiger charge is 1.99. The van der Waals surface area contributed by atoms with Gasteiger partial charge in [0.2, 0.25) is 0 Å². The monoisotopic (exact) mass is 175 g/mol. The maximum absolute atomic E-state index is 4.16. The first-order valence-corrected chi connectivity index (χ1v) is 3.93. The van der Waals surface area contributed by atoms with Crippen LogP contribution < -0.4 is 0 Å². The van der Waals surface area contributed by atoms with Crippen molar-refractivity contribution in [1.29, 1.82) is 0 Å². The van der Waals surface area contributed by atoms with Gasteiger partial charge in [-0.25, -0.2) is 14.6 Å². The van der Waals surface area contributed by atoms with Crippen LogP contribution in [0.2, 0.25) is 0 Å². The molecule has 5 nitrogen and oxygen atoms in total. The Morgan fingerprint density at radius 2 is 1.92 bits per heavy atom. The summed E-state index contributed by atoms with van der Waals surface area (Å²) in [6.45, 7) is 3.72. The van der Waals surface area contributed by atoms with Crippen LogP contribution in [-0.2, 0) is 0 Å². The van der Waals surface area contributed by atoms with E-state index in [9.17, 15) is 0 Å². The molecule has 0 aliphatic rings. The van der Waals surface area contributed by atoms with Crippen molar-refractivity contribution in [3.8, 4) is 5.82 Å². The molecule has 0 aromatic carbocycles. The van der Waals surface area contributed by atoms with E-state index < -0.39 is 0 Å². The molecule has 2 heterocycles. The van der Waals surface area contributed by atoms with Gasteiger partial charge in [0.25, 0.3) is 0 Å². The summed E-state index contributed by atoms with van der Waals surface area (Å²) in [5.41, 5.74) is 0.889. The molecular formula is C8H9N5. The highest BCUT2D eigenvalue weighted by atomic mass is 15.4. The smallest absolute Gasteiger partial charge is 0.173 e. The van der Waals surface area contributed by atoms with Crippen molar-refractivity contribution in [3.05, 3.63) is 30.2 Å². The third kappa shape index (κ3) is 1.53. The van der Waals surface area contributed by atoms with Crippen LogP contribution >= 0.6 is 0 Å². The van der Waals surface area contributed by atoms with Gasteiger partial charge in [0.15, 0.2) is 5.82 Å². The van der Waals surface area contributed by atoms with Gasteiger partial charge < -0.3 is 0 Å². The van der Waals surface area contributed by atoms with Gasteiger partial charge in [-0.15, -0.1) is 0 Å². The van der Waals surface area contributed by atoms with E-state index in [4.69, 9.17) is 0 Å². The van der Waals surface area contributed by atoms with Gasteiger partial charge in [0.05, 0.1) is 18.1 Å². The summed E-state index contributed by atoms with van der Waals surface area (Å²) >= 11 is 0. The number of nitrogens with zero attached hydrogens (tertiary/aromatic N) is 5. The van der Waals surface area contributed by atoms with E-state index in [2.05, 4.69) is 20.1 Å². The van der Waals surface area contributed by atoms with E-state index >= 15 is 0 Å². The summed E-state index contributed by atoms with van der Waals surface area (Å²) in [6, 6.07) is 0. The van der Waals surface area contributed by atoms with Gasteiger partial charge in [-0.3, -0.25) is 4.98 Å². The Bertz CT molecular complexity index is 403. The van der Waals surface area contributed by atoms with Gasteiger partial charge in [-0.2, -0.15) is 5.10 Å². The van der Waals surface area contributed by atoms with E-state index in [-0.39, 0.29) is 0 Å². The summed E-state index contributed by atoms with van der Waals surface area (Å²) in [4.78, 5) is 12.3. The second-order valence-corrected chi connectivity index (χ2v) is 2.75. The van der Waals surface area contributed by atoms with Crippen molar-refractivity contribution < 1.29 is 0 Å². The number of aromatic nitrogens is 5. The van der Waals surface area contributed by atoms with E-state index in [0.29, 0.717) is 5.82 Å². The Hall–Kier alpha value is -1.78. The maximum atomic E-state index is 4.16. The number of hydrogen-bond acceptors (Lipinski definition) is 4. The largest absolute Gasteiger partial charge is 0.256 e. The molecule has 66 valence electrons. The van der Waals surface area contributed by atoms with Crippen LogP contribution in [0.25, 0.3) is 5.82 Å². The lowest BCUT2D eigenvalue weighted by Crippen LogP contribution is -1.99. The topological polar surface area (TPSA) is 56.5 Å². The van der Waals surface area contributed by atoms with Crippen LogP contribution in [0, 0.1) is 13.8 Å². The van der Waals surface area contributed by atoms with Gasteiger partial charge in [-0.1, -0.05) is 0 Å². The molecule has 0 aliphatic carbocycles. The van der Waals surface area contributed by atoms with Crippen LogP contribution in [0.4, 0.5) is 0 Å². The standard InChI is InChI=1S/C8H9N5/c1-6-3-10-8(4-9-6)13-5-11-7(2)12-13/h3-5H,1-2H3. The Morgan fingerprint density at radius 1 is 1.08 bits per heavy atom. The molecule has 0 fully saturated rings. The van der Waals surface area contributed by atoms with E-state index in [1.165, 1.54) is 0 Å². The average molecular weight is 175 g/mol. The summed E-state index contributed by atoms with van der Waals surface area (Å²) < 4.78 is 1.60. The summed E-state index contributed by atoms with van der Waals surface area (Å²) in [7, 11) is 0. The molecule has 2 rings (SSSR count). The lowest BCUT2D eigenvalue weighted by atomic mass is 10.5. The molecule has 2 aromatic heterocycles. The van der Waals surface area contributed by atoms with Crippen molar-refractivity contribution in [1.82, 2.24) is 24.7 Å². The Labute approximate surface area is 75.5 Å². The van der Waals surface area contributed by atoms with Crippen molar-refractivity contribution in [2.24, 2.45) is 0 Å².